The summed E-state index contributed by atoms with van der Waals surface area (Å²) in [6, 6.07) is 1.67. The maximum absolute atomic E-state index is 10.3. The third kappa shape index (κ3) is 3.09. The first-order valence-electron chi connectivity index (χ1n) is 3.53. The molecule has 0 aromatic carbocycles. The van der Waals surface area contributed by atoms with E-state index in [-0.39, 0.29) is 6.42 Å². The van der Waals surface area contributed by atoms with Crippen LogP contribution in [0.4, 0.5) is 0 Å². The minimum Gasteiger partial charge on any atom is -0.369 e. The van der Waals surface area contributed by atoms with Crippen molar-refractivity contribution in [1.82, 2.24) is 0 Å². The van der Waals surface area contributed by atoms with Gasteiger partial charge in [-0.25, -0.2) is 0 Å². The Morgan fingerprint density at radius 2 is 2.46 bits per heavy atom. The molecule has 0 aliphatic heterocycles. The predicted octanol–water partition coefficient (Wildman–Crippen LogP) is 0.788. The Balaban J connectivity index is 2.66. The summed E-state index contributed by atoms with van der Waals surface area (Å²) in [5, 5.41) is 1.76. The van der Waals surface area contributed by atoms with Crippen LogP contribution < -0.4 is 5.73 Å². The fraction of sp³-hybridized carbons (Fsp3) is 0.111. The average molecular weight is 193 g/mol. The molecule has 0 radical (unpaired) electrons. The van der Waals surface area contributed by atoms with Gasteiger partial charge in [-0.2, -0.15) is 0 Å². The quantitative estimate of drug-likeness (QED) is 0.557. The zero-order valence-corrected chi connectivity index (χ0v) is 7.56. The lowest BCUT2D eigenvalue weighted by molar-refractivity contribution is -0.117. The zero-order valence-electron chi connectivity index (χ0n) is 6.74. The molecule has 1 amide bonds. The van der Waals surface area contributed by atoms with Gasteiger partial charge in [-0.1, -0.05) is 11.8 Å². The number of thiophene rings is 1. The van der Waals surface area contributed by atoms with Gasteiger partial charge in [0.25, 0.3) is 0 Å². The third-order valence-electron chi connectivity index (χ3n) is 1.23. The molecule has 1 aromatic rings. The van der Waals surface area contributed by atoms with E-state index in [1.807, 2.05) is 0 Å². The number of hydrogen-bond acceptors (Lipinski definition) is 3. The first-order valence-corrected chi connectivity index (χ1v) is 4.41. The van der Waals surface area contributed by atoms with E-state index in [4.69, 9.17) is 5.73 Å². The number of hydrogen-bond donors (Lipinski definition) is 1. The van der Waals surface area contributed by atoms with Crippen molar-refractivity contribution >= 4 is 23.5 Å². The smallest absolute Gasteiger partial charge is 0.229 e. The summed E-state index contributed by atoms with van der Waals surface area (Å²) < 4.78 is 0. The van der Waals surface area contributed by atoms with Crippen molar-refractivity contribution < 1.29 is 9.59 Å². The maximum Gasteiger partial charge on any atom is 0.229 e. The second kappa shape index (κ2) is 4.43. The monoisotopic (exact) mass is 193 g/mol. The van der Waals surface area contributed by atoms with Crippen molar-refractivity contribution in [2.24, 2.45) is 5.73 Å². The molecular formula is C9H7NO2S. The SMILES string of the molecule is NC(=O)CC#Cc1csc(C=O)c1. The lowest BCUT2D eigenvalue weighted by Crippen LogP contribution is -2.08. The third-order valence-corrected chi connectivity index (χ3v) is 2.09. The molecule has 0 atom stereocenters. The van der Waals surface area contributed by atoms with Gasteiger partial charge in [-0.15, -0.1) is 11.3 Å². The number of nitrogens with two attached hydrogens (primary N) is 1. The van der Waals surface area contributed by atoms with E-state index in [1.54, 1.807) is 11.4 Å². The van der Waals surface area contributed by atoms with Gasteiger partial charge in [0.1, 0.15) is 0 Å². The fourth-order valence-electron chi connectivity index (χ4n) is 0.714. The second-order valence-corrected chi connectivity index (χ2v) is 3.24. The molecule has 2 N–H and O–H groups in total. The van der Waals surface area contributed by atoms with Crippen LogP contribution in [0.2, 0.25) is 0 Å². The molecule has 0 unspecified atom stereocenters. The van der Waals surface area contributed by atoms with Crippen LogP contribution in [0, 0.1) is 11.8 Å². The molecule has 0 spiro atoms. The molecule has 0 bridgehead atoms. The average Bonchev–Trinajstić information content (AvgIpc) is 2.52. The number of rotatable bonds is 2. The van der Waals surface area contributed by atoms with E-state index in [2.05, 4.69) is 11.8 Å². The van der Waals surface area contributed by atoms with E-state index < -0.39 is 5.91 Å². The topological polar surface area (TPSA) is 60.2 Å². The van der Waals surface area contributed by atoms with Gasteiger partial charge < -0.3 is 5.73 Å². The number of amides is 1. The van der Waals surface area contributed by atoms with E-state index >= 15 is 0 Å². The van der Waals surface area contributed by atoms with Crippen LogP contribution in [0.3, 0.4) is 0 Å². The molecule has 0 saturated heterocycles. The van der Waals surface area contributed by atoms with Crippen LogP contribution in [0.1, 0.15) is 21.7 Å². The summed E-state index contributed by atoms with van der Waals surface area (Å²) in [4.78, 5) is 21.2. The van der Waals surface area contributed by atoms with E-state index in [0.29, 0.717) is 4.88 Å². The van der Waals surface area contributed by atoms with E-state index in [0.717, 1.165) is 11.8 Å². The largest absolute Gasteiger partial charge is 0.369 e. The summed E-state index contributed by atoms with van der Waals surface area (Å²) in [6.45, 7) is 0. The lowest BCUT2D eigenvalue weighted by Gasteiger charge is -1.79. The summed E-state index contributed by atoms with van der Waals surface area (Å²) in [5.74, 6) is 4.89. The molecule has 0 saturated carbocycles. The van der Waals surface area contributed by atoms with Crippen LogP contribution >= 0.6 is 11.3 Å². The van der Waals surface area contributed by atoms with Gasteiger partial charge in [0.2, 0.25) is 5.91 Å². The number of primary amides is 1. The normalized spacial score (nSPS) is 8.62. The van der Waals surface area contributed by atoms with Crippen LogP contribution in [-0.4, -0.2) is 12.2 Å². The highest BCUT2D eigenvalue weighted by Crippen LogP contribution is 2.10. The Bertz CT molecular complexity index is 384. The molecule has 66 valence electrons. The van der Waals surface area contributed by atoms with Crippen molar-refractivity contribution in [3.05, 3.63) is 21.9 Å². The van der Waals surface area contributed by atoms with Gasteiger partial charge in [0.15, 0.2) is 6.29 Å². The highest BCUT2D eigenvalue weighted by atomic mass is 32.1. The number of carbonyl (C=O) groups is 2. The van der Waals surface area contributed by atoms with E-state index in [1.165, 1.54) is 11.3 Å². The molecule has 1 rings (SSSR count). The predicted molar refractivity (Wildman–Crippen MR) is 50.4 cm³/mol. The van der Waals surface area contributed by atoms with Crippen LogP contribution in [0.25, 0.3) is 0 Å². The number of carbonyl (C=O) groups excluding carboxylic acids is 2. The molecule has 0 aliphatic carbocycles. The minimum absolute atomic E-state index is 0.0479. The highest BCUT2D eigenvalue weighted by molar-refractivity contribution is 7.11. The first-order chi connectivity index (χ1) is 6.22. The Hall–Kier alpha value is -1.60. The summed E-state index contributed by atoms with van der Waals surface area (Å²) >= 11 is 1.32. The Kier molecular flexibility index (Phi) is 3.23. The summed E-state index contributed by atoms with van der Waals surface area (Å²) in [5.41, 5.74) is 5.64. The number of aldehydes is 1. The van der Waals surface area contributed by atoms with Crippen LogP contribution in [0.15, 0.2) is 11.4 Å². The first kappa shape index (κ1) is 9.49. The van der Waals surface area contributed by atoms with E-state index in [9.17, 15) is 9.59 Å². The van der Waals surface area contributed by atoms with Gasteiger partial charge in [-0.3, -0.25) is 9.59 Å². The highest BCUT2D eigenvalue weighted by Gasteiger charge is 1.94. The molecule has 1 aromatic heterocycles. The molecule has 4 heteroatoms. The Labute approximate surface area is 79.6 Å². The van der Waals surface area contributed by atoms with Crippen LogP contribution in [-0.2, 0) is 4.79 Å². The Morgan fingerprint density at radius 3 is 3.00 bits per heavy atom. The second-order valence-electron chi connectivity index (χ2n) is 2.30. The van der Waals surface area contributed by atoms with Gasteiger partial charge in [0.05, 0.1) is 11.3 Å². The molecular weight excluding hydrogens is 186 g/mol. The fourth-order valence-corrected chi connectivity index (χ4v) is 1.35. The molecule has 0 aliphatic rings. The molecule has 3 nitrogen and oxygen atoms in total. The maximum atomic E-state index is 10.3. The van der Waals surface area contributed by atoms with Crippen molar-refractivity contribution in [2.75, 3.05) is 0 Å². The van der Waals surface area contributed by atoms with Crippen molar-refractivity contribution in [2.45, 2.75) is 6.42 Å². The lowest BCUT2D eigenvalue weighted by atomic mass is 10.3. The van der Waals surface area contributed by atoms with Crippen LogP contribution in [0.5, 0.6) is 0 Å². The Morgan fingerprint density at radius 1 is 1.69 bits per heavy atom. The summed E-state index contributed by atoms with van der Waals surface area (Å²) in [7, 11) is 0. The van der Waals surface area contributed by atoms with Crippen molar-refractivity contribution in [1.29, 1.82) is 0 Å². The van der Waals surface area contributed by atoms with Crippen molar-refractivity contribution in [3.63, 3.8) is 0 Å². The van der Waals surface area contributed by atoms with Gasteiger partial charge in [-0.05, 0) is 6.07 Å². The summed E-state index contributed by atoms with van der Waals surface area (Å²) in [6.07, 6.45) is 0.816. The van der Waals surface area contributed by atoms with Crippen molar-refractivity contribution in [3.8, 4) is 11.8 Å². The minimum atomic E-state index is -0.446. The molecule has 1 heterocycles. The van der Waals surface area contributed by atoms with Gasteiger partial charge >= 0.3 is 0 Å². The van der Waals surface area contributed by atoms with Gasteiger partial charge in [0, 0.05) is 10.9 Å². The standard InChI is InChI=1S/C9H7NO2S/c10-9(12)3-1-2-7-4-8(5-11)13-6-7/h4-6H,3H2,(H2,10,12). The molecule has 13 heavy (non-hydrogen) atoms. The zero-order chi connectivity index (χ0) is 9.68. The molecule has 0 fully saturated rings.